The van der Waals surface area contributed by atoms with Gasteiger partial charge < -0.3 is 20.3 Å². The molecule has 41 heavy (non-hydrogen) atoms. The second-order valence-electron chi connectivity index (χ2n) is 11.3. The number of nitrogens with zero attached hydrogens (tertiary/aromatic N) is 7. The van der Waals surface area contributed by atoms with Crippen LogP contribution < -0.4 is 10.6 Å². The number of hydrogen-bond donors (Lipinski definition) is 1. The normalized spacial score (nSPS) is 23.5. The quantitative estimate of drug-likeness (QED) is 0.383. The van der Waals surface area contributed by atoms with Gasteiger partial charge in [0.05, 0.1) is 35.4 Å². The minimum absolute atomic E-state index is 0.0951. The van der Waals surface area contributed by atoms with E-state index in [1.165, 1.54) is 0 Å². The molecule has 9 nitrogen and oxygen atoms in total. The number of pyridine rings is 1. The molecule has 0 aliphatic carbocycles. The molecule has 2 saturated heterocycles. The second-order valence-corrected chi connectivity index (χ2v) is 12.3. The largest absolute Gasteiger partial charge is 0.389 e. The van der Waals surface area contributed by atoms with E-state index in [2.05, 4.69) is 46.6 Å². The molecule has 6 heterocycles. The summed E-state index contributed by atoms with van der Waals surface area (Å²) in [4.78, 5) is 20.9. The standard InChI is InChI=1S/C29H30F2N8OS/c1-14-11-38(7-6-37(14)3)21-4-5-39(15(21)2)29-35-9-17-18-12-40-13-19(18)22(24(31)25(17)36-29)26-23-16(8-32)28(33)41-27(23)20(30)10-34-26/h9-10,14-15,21H,4-7,11-13,33H2,1-3H3/t14-,15-,21-/m0/s1. The molecule has 3 aromatic heterocycles. The lowest BCUT2D eigenvalue weighted by Gasteiger charge is -2.42. The van der Waals surface area contributed by atoms with Gasteiger partial charge in [-0.2, -0.15) is 5.26 Å². The Hall–Kier alpha value is -3.50. The molecule has 0 amide bonds. The number of piperazine rings is 1. The van der Waals surface area contributed by atoms with Crippen molar-refractivity contribution in [3.63, 3.8) is 0 Å². The zero-order chi connectivity index (χ0) is 28.6. The fraction of sp³-hybridized carbons (Fsp3) is 0.448. The summed E-state index contributed by atoms with van der Waals surface area (Å²) in [6.45, 7) is 8.72. The van der Waals surface area contributed by atoms with E-state index in [0.29, 0.717) is 29.0 Å². The predicted molar refractivity (Wildman–Crippen MR) is 155 cm³/mol. The molecule has 0 spiro atoms. The zero-order valence-corrected chi connectivity index (χ0v) is 23.9. The van der Waals surface area contributed by atoms with E-state index in [0.717, 1.165) is 55.7 Å². The van der Waals surface area contributed by atoms with Crippen LogP contribution in [0.5, 0.6) is 0 Å². The van der Waals surface area contributed by atoms with Gasteiger partial charge in [-0.3, -0.25) is 9.88 Å². The highest BCUT2D eigenvalue weighted by Gasteiger charge is 2.38. The van der Waals surface area contributed by atoms with Gasteiger partial charge in [0, 0.05) is 66.8 Å². The Labute approximate surface area is 240 Å². The molecule has 0 unspecified atom stereocenters. The highest BCUT2D eigenvalue weighted by atomic mass is 32.1. The highest BCUT2D eigenvalue weighted by Crippen LogP contribution is 2.45. The minimum Gasteiger partial charge on any atom is -0.389 e. The van der Waals surface area contributed by atoms with Gasteiger partial charge in [0.25, 0.3) is 0 Å². The van der Waals surface area contributed by atoms with Crippen molar-refractivity contribution in [1.82, 2.24) is 24.8 Å². The maximum Gasteiger partial charge on any atom is 0.226 e. The number of nitriles is 1. The van der Waals surface area contributed by atoms with Crippen molar-refractivity contribution >= 4 is 43.3 Å². The molecule has 3 atom stereocenters. The first kappa shape index (κ1) is 26.4. The van der Waals surface area contributed by atoms with Crippen LogP contribution in [-0.2, 0) is 18.0 Å². The van der Waals surface area contributed by atoms with E-state index in [-0.39, 0.29) is 56.7 Å². The molecule has 12 heteroatoms. The predicted octanol–water partition coefficient (Wildman–Crippen LogP) is 4.27. The lowest BCUT2D eigenvalue weighted by atomic mass is 9.94. The maximum absolute atomic E-state index is 16.7. The molecule has 4 aromatic rings. The molecular formula is C29H30F2N8OS. The van der Waals surface area contributed by atoms with Crippen molar-refractivity contribution in [2.75, 3.05) is 43.9 Å². The highest BCUT2D eigenvalue weighted by molar-refractivity contribution is 7.23. The smallest absolute Gasteiger partial charge is 0.226 e. The average Bonchev–Trinajstić information content (AvgIpc) is 3.68. The first-order valence-electron chi connectivity index (χ1n) is 13.8. The van der Waals surface area contributed by atoms with Crippen LogP contribution in [0.4, 0.5) is 19.7 Å². The van der Waals surface area contributed by atoms with E-state index in [9.17, 15) is 9.65 Å². The minimum atomic E-state index is -0.604. The lowest BCUT2D eigenvalue weighted by molar-refractivity contribution is 0.0702. The van der Waals surface area contributed by atoms with Gasteiger partial charge in [0.15, 0.2) is 11.6 Å². The van der Waals surface area contributed by atoms with Crippen molar-refractivity contribution in [3.8, 4) is 17.3 Å². The Kier molecular flexibility index (Phi) is 6.31. The molecule has 212 valence electrons. The number of halogens is 2. The van der Waals surface area contributed by atoms with Crippen molar-refractivity contribution in [2.45, 2.75) is 51.6 Å². The summed E-state index contributed by atoms with van der Waals surface area (Å²) in [5.74, 6) is -0.709. The molecule has 0 radical (unpaired) electrons. The number of thiophene rings is 1. The third-order valence-electron chi connectivity index (χ3n) is 9.16. The number of aromatic nitrogens is 3. The Morgan fingerprint density at radius 2 is 1.93 bits per heavy atom. The van der Waals surface area contributed by atoms with Gasteiger partial charge in [-0.05, 0) is 38.4 Å². The van der Waals surface area contributed by atoms with Gasteiger partial charge in [0.2, 0.25) is 5.95 Å². The van der Waals surface area contributed by atoms with Gasteiger partial charge >= 0.3 is 0 Å². The molecule has 2 N–H and O–H groups in total. The van der Waals surface area contributed by atoms with Crippen LogP contribution in [0.2, 0.25) is 0 Å². The molecule has 3 aliphatic heterocycles. The number of ether oxygens (including phenoxy) is 1. The number of benzene rings is 1. The molecule has 2 fully saturated rings. The molecule has 7 rings (SSSR count). The van der Waals surface area contributed by atoms with E-state index in [1.807, 2.05) is 0 Å². The number of hydrogen-bond acceptors (Lipinski definition) is 10. The monoisotopic (exact) mass is 576 g/mol. The second kappa shape index (κ2) is 9.80. The third kappa shape index (κ3) is 3.98. The van der Waals surface area contributed by atoms with Crippen LogP contribution in [0.15, 0.2) is 12.4 Å². The summed E-state index contributed by atoms with van der Waals surface area (Å²) in [6.07, 6.45) is 3.73. The lowest BCUT2D eigenvalue weighted by Crippen LogP contribution is -2.55. The van der Waals surface area contributed by atoms with E-state index >= 15 is 4.39 Å². The number of fused-ring (bicyclic) bond motifs is 4. The fourth-order valence-corrected chi connectivity index (χ4v) is 7.67. The van der Waals surface area contributed by atoms with Gasteiger partial charge in [-0.25, -0.2) is 18.7 Å². The van der Waals surface area contributed by atoms with Crippen LogP contribution in [0.25, 0.3) is 32.2 Å². The van der Waals surface area contributed by atoms with Crippen LogP contribution in [0.1, 0.15) is 37.0 Å². The SMILES string of the molecule is C[C@H]1CN([C@H]2CCN(c3ncc4c5c(c(-c6ncc(F)c7sc(N)c(C#N)c67)c(F)c4n3)COC5)[C@H]2C)CCN1C. The molecule has 0 bridgehead atoms. The molecular weight excluding hydrogens is 546 g/mol. The summed E-state index contributed by atoms with van der Waals surface area (Å²) in [7, 11) is 2.17. The molecule has 0 saturated carbocycles. The first-order valence-corrected chi connectivity index (χ1v) is 14.7. The molecule has 3 aliphatic rings. The third-order valence-corrected chi connectivity index (χ3v) is 10.2. The number of rotatable bonds is 3. The summed E-state index contributed by atoms with van der Waals surface area (Å²) < 4.78 is 37.3. The van der Waals surface area contributed by atoms with Crippen LogP contribution in [0.3, 0.4) is 0 Å². The number of anilines is 2. The topological polar surface area (TPSA) is 107 Å². The van der Waals surface area contributed by atoms with Crippen molar-refractivity contribution in [1.29, 1.82) is 5.26 Å². The summed E-state index contributed by atoms with van der Waals surface area (Å²) in [6, 6.07) is 3.07. The Morgan fingerprint density at radius 3 is 2.71 bits per heavy atom. The maximum atomic E-state index is 16.7. The van der Waals surface area contributed by atoms with Gasteiger partial charge in [-0.1, -0.05) is 0 Å². The van der Waals surface area contributed by atoms with Crippen molar-refractivity contribution in [3.05, 3.63) is 40.7 Å². The Balaban J connectivity index is 1.34. The van der Waals surface area contributed by atoms with Gasteiger partial charge in [-0.15, -0.1) is 11.3 Å². The number of likely N-dealkylation sites (N-methyl/N-ethyl adjacent to an activating group) is 1. The first-order chi connectivity index (χ1) is 19.8. The summed E-state index contributed by atoms with van der Waals surface area (Å²) >= 11 is 0.961. The zero-order valence-electron chi connectivity index (χ0n) is 23.1. The number of nitrogen functional groups attached to an aromatic ring is 1. The van der Waals surface area contributed by atoms with E-state index < -0.39 is 11.6 Å². The molecule has 1 aromatic carbocycles. The van der Waals surface area contributed by atoms with Crippen molar-refractivity contribution in [2.24, 2.45) is 0 Å². The summed E-state index contributed by atoms with van der Waals surface area (Å²) in [5.41, 5.74) is 8.05. The Bertz CT molecular complexity index is 1750. The summed E-state index contributed by atoms with van der Waals surface area (Å²) in [5, 5.41) is 10.8. The van der Waals surface area contributed by atoms with Crippen LogP contribution >= 0.6 is 11.3 Å². The average molecular weight is 577 g/mol. The Morgan fingerprint density at radius 1 is 1.12 bits per heavy atom. The number of nitrogens with two attached hydrogens (primary N) is 1. The fourth-order valence-electron chi connectivity index (χ4n) is 6.75. The van der Waals surface area contributed by atoms with Crippen molar-refractivity contribution < 1.29 is 13.5 Å². The van der Waals surface area contributed by atoms with Gasteiger partial charge in [0.1, 0.15) is 16.6 Å². The van der Waals surface area contributed by atoms with Crippen LogP contribution in [0, 0.1) is 23.0 Å². The van der Waals surface area contributed by atoms with E-state index in [1.54, 1.807) is 6.20 Å². The van der Waals surface area contributed by atoms with E-state index in [4.69, 9.17) is 20.4 Å². The van der Waals surface area contributed by atoms with Crippen LogP contribution in [-0.4, -0.2) is 76.1 Å².